The lowest BCUT2D eigenvalue weighted by atomic mass is 10.5. The largest absolute Gasteiger partial charge is 0.504 e. The molecule has 58 valence electrons. The Labute approximate surface area is 61.6 Å². The molecule has 0 aliphatic rings. The van der Waals surface area contributed by atoms with Crippen molar-refractivity contribution in [2.24, 2.45) is 5.73 Å². The number of allylic oxidation sites excluding steroid dienone is 2. The van der Waals surface area contributed by atoms with Crippen LogP contribution in [-0.2, 0) is 4.74 Å². The van der Waals surface area contributed by atoms with Gasteiger partial charge in [-0.15, -0.1) is 0 Å². The van der Waals surface area contributed by atoms with Crippen LogP contribution in [0.5, 0.6) is 0 Å². The molecule has 10 heavy (non-hydrogen) atoms. The Morgan fingerprint density at radius 1 is 1.50 bits per heavy atom. The summed E-state index contributed by atoms with van der Waals surface area (Å²) in [7, 11) is 1.61. The highest BCUT2D eigenvalue weighted by Gasteiger charge is 1.70. The lowest BCUT2D eigenvalue weighted by molar-refractivity contribution is 0.338. The van der Waals surface area contributed by atoms with Crippen LogP contribution < -0.4 is 11.1 Å². The lowest BCUT2D eigenvalue weighted by Crippen LogP contribution is -2.16. The van der Waals surface area contributed by atoms with E-state index in [4.69, 9.17) is 5.73 Å². The first-order valence-electron chi connectivity index (χ1n) is 3.19. The molecule has 0 bridgehead atoms. The Balaban J connectivity index is 3.11. The van der Waals surface area contributed by atoms with Gasteiger partial charge in [-0.2, -0.15) is 0 Å². The normalized spacial score (nSPS) is 11.0. The minimum atomic E-state index is 0.651. The van der Waals surface area contributed by atoms with Crippen molar-refractivity contribution in [3.8, 4) is 0 Å². The zero-order chi connectivity index (χ0) is 7.66. The van der Waals surface area contributed by atoms with E-state index >= 15 is 0 Å². The second kappa shape index (κ2) is 8.04. The van der Waals surface area contributed by atoms with E-state index in [1.165, 1.54) is 0 Å². The van der Waals surface area contributed by atoms with Gasteiger partial charge in [0.15, 0.2) is 0 Å². The summed E-state index contributed by atoms with van der Waals surface area (Å²) in [6.45, 7) is 1.45. The maximum atomic E-state index is 5.23. The van der Waals surface area contributed by atoms with E-state index in [0.29, 0.717) is 6.54 Å². The van der Waals surface area contributed by atoms with Crippen molar-refractivity contribution in [2.45, 2.75) is 0 Å². The first kappa shape index (κ1) is 9.04. The Kier molecular flexibility index (Phi) is 7.27. The predicted octanol–water partition coefficient (Wildman–Crippen LogP) is 0.209. The van der Waals surface area contributed by atoms with Crippen LogP contribution in [0.1, 0.15) is 0 Å². The third-order valence-electron chi connectivity index (χ3n) is 0.829. The average Bonchev–Trinajstić information content (AvgIpc) is 1.97. The summed E-state index contributed by atoms with van der Waals surface area (Å²) < 4.78 is 4.66. The number of nitrogens with one attached hydrogen (secondary N) is 1. The SMILES string of the molecule is CO/C=C/C=C/NCCN. The van der Waals surface area contributed by atoms with E-state index in [2.05, 4.69) is 10.1 Å². The standard InChI is InChI=1S/C7H14N2O/c1-10-7-3-2-5-9-6-4-8/h2-3,5,7,9H,4,6,8H2,1H3/b5-2+,7-3+. The first-order valence-corrected chi connectivity index (χ1v) is 3.19. The van der Waals surface area contributed by atoms with Crippen molar-refractivity contribution in [2.75, 3.05) is 20.2 Å². The maximum absolute atomic E-state index is 5.23. The number of nitrogens with two attached hydrogens (primary N) is 1. The summed E-state index contributed by atoms with van der Waals surface area (Å²) in [6.07, 6.45) is 7.06. The van der Waals surface area contributed by atoms with Crippen molar-refractivity contribution in [3.05, 3.63) is 24.6 Å². The molecule has 3 N–H and O–H groups in total. The molecule has 0 fully saturated rings. The predicted molar refractivity (Wildman–Crippen MR) is 42.3 cm³/mol. The third kappa shape index (κ3) is 7.04. The van der Waals surface area contributed by atoms with E-state index in [9.17, 15) is 0 Å². The molecule has 0 saturated heterocycles. The second-order valence-electron chi connectivity index (χ2n) is 1.67. The van der Waals surface area contributed by atoms with Crippen molar-refractivity contribution in [3.63, 3.8) is 0 Å². The minimum absolute atomic E-state index is 0.651. The Morgan fingerprint density at radius 3 is 2.90 bits per heavy atom. The summed E-state index contributed by atoms with van der Waals surface area (Å²) in [6, 6.07) is 0. The van der Waals surface area contributed by atoms with Crippen LogP contribution >= 0.6 is 0 Å². The van der Waals surface area contributed by atoms with Crippen LogP contribution in [0.4, 0.5) is 0 Å². The highest BCUT2D eigenvalue weighted by atomic mass is 16.5. The van der Waals surface area contributed by atoms with E-state index in [0.717, 1.165) is 6.54 Å². The van der Waals surface area contributed by atoms with Gasteiger partial charge in [-0.1, -0.05) is 0 Å². The number of methoxy groups -OCH3 is 1. The molecule has 3 nitrogen and oxygen atoms in total. The van der Waals surface area contributed by atoms with E-state index in [1.807, 2.05) is 12.3 Å². The smallest absolute Gasteiger partial charge is 0.0825 e. The number of hydrogen-bond donors (Lipinski definition) is 2. The van der Waals surface area contributed by atoms with Gasteiger partial charge in [-0.25, -0.2) is 0 Å². The third-order valence-corrected chi connectivity index (χ3v) is 0.829. The fourth-order valence-electron chi connectivity index (χ4n) is 0.414. The molecule has 0 aliphatic carbocycles. The van der Waals surface area contributed by atoms with Gasteiger partial charge in [0.25, 0.3) is 0 Å². The number of hydrogen-bond acceptors (Lipinski definition) is 3. The molecule has 0 saturated carbocycles. The van der Waals surface area contributed by atoms with Crippen molar-refractivity contribution in [1.82, 2.24) is 5.32 Å². The van der Waals surface area contributed by atoms with Gasteiger partial charge < -0.3 is 15.8 Å². The summed E-state index contributed by atoms with van der Waals surface area (Å²) in [4.78, 5) is 0. The van der Waals surface area contributed by atoms with Gasteiger partial charge in [-0.3, -0.25) is 0 Å². The molecule has 0 aromatic rings. The molecular formula is C7H14N2O. The zero-order valence-corrected chi connectivity index (χ0v) is 6.21. The van der Waals surface area contributed by atoms with Gasteiger partial charge in [0.1, 0.15) is 0 Å². The van der Waals surface area contributed by atoms with Crippen molar-refractivity contribution in [1.29, 1.82) is 0 Å². The fourth-order valence-corrected chi connectivity index (χ4v) is 0.414. The maximum Gasteiger partial charge on any atom is 0.0825 e. The highest BCUT2D eigenvalue weighted by Crippen LogP contribution is 1.73. The molecule has 0 rings (SSSR count). The lowest BCUT2D eigenvalue weighted by Gasteiger charge is -1.92. The minimum Gasteiger partial charge on any atom is -0.504 e. The summed E-state index contributed by atoms with van der Waals surface area (Å²) in [5, 5.41) is 2.98. The van der Waals surface area contributed by atoms with Crippen molar-refractivity contribution < 1.29 is 4.74 Å². The molecule has 0 unspecified atom stereocenters. The molecule has 0 heterocycles. The Bertz CT molecular complexity index is 110. The molecule has 0 aliphatic heterocycles. The Morgan fingerprint density at radius 2 is 2.30 bits per heavy atom. The number of rotatable bonds is 5. The van der Waals surface area contributed by atoms with Crippen LogP contribution in [0.15, 0.2) is 24.6 Å². The average molecular weight is 142 g/mol. The monoisotopic (exact) mass is 142 g/mol. The molecule has 0 atom stereocenters. The molecule has 0 aromatic carbocycles. The zero-order valence-electron chi connectivity index (χ0n) is 6.21. The second-order valence-corrected chi connectivity index (χ2v) is 1.67. The van der Waals surface area contributed by atoms with Gasteiger partial charge >= 0.3 is 0 Å². The van der Waals surface area contributed by atoms with Gasteiger partial charge in [0.2, 0.25) is 0 Å². The molecule has 0 aromatic heterocycles. The van der Waals surface area contributed by atoms with Crippen LogP contribution in [0.3, 0.4) is 0 Å². The topological polar surface area (TPSA) is 47.3 Å². The van der Waals surface area contributed by atoms with Crippen molar-refractivity contribution >= 4 is 0 Å². The van der Waals surface area contributed by atoms with Crippen LogP contribution in [-0.4, -0.2) is 20.2 Å². The van der Waals surface area contributed by atoms with Gasteiger partial charge in [0.05, 0.1) is 13.4 Å². The van der Waals surface area contributed by atoms with E-state index in [-0.39, 0.29) is 0 Å². The summed E-state index contributed by atoms with van der Waals surface area (Å²) in [5.41, 5.74) is 5.23. The molecule has 0 spiro atoms. The van der Waals surface area contributed by atoms with Crippen LogP contribution in [0.2, 0.25) is 0 Å². The van der Waals surface area contributed by atoms with Crippen LogP contribution in [0.25, 0.3) is 0 Å². The van der Waals surface area contributed by atoms with Gasteiger partial charge in [-0.05, 0) is 18.4 Å². The molecule has 0 radical (unpaired) electrons. The molecular weight excluding hydrogens is 128 g/mol. The summed E-state index contributed by atoms with van der Waals surface area (Å²) >= 11 is 0. The van der Waals surface area contributed by atoms with Gasteiger partial charge in [0, 0.05) is 13.1 Å². The van der Waals surface area contributed by atoms with E-state index < -0.39 is 0 Å². The van der Waals surface area contributed by atoms with E-state index in [1.54, 1.807) is 19.4 Å². The molecule has 0 amide bonds. The molecule has 3 heteroatoms. The quantitative estimate of drug-likeness (QED) is 0.328. The first-order chi connectivity index (χ1) is 4.91. The van der Waals surface area contributed by atoms with Crippen LogP contribution in [0, 0.1) is 0 Å². The fraction of sp³-hybridized carbons (Fsp3) is 0.429. The number of ether oxygens (including phenoxy) is 1. The highest BCUT2D eigenvalue weighted by molar-refractivity contribution is 4.98. The summed E-state index contributed by atoms with van der Waals surface area (Å²) in [5.74, 6) is 0. The Hall–Kier alpha value is -0.960.